The zero-order valence-electron chi connectivity index (χ0n) is 13.4. The SMILES string of the molecule is C.CN1CCCCC1.Oc1ccc2nc(-c3ccccc3)sc2c1. The maximum absolute atomic E-state index is 9.39. The van der Waals surface area contributed by atoms with Gasteiger partial charge in [0.05, 0.1) is 10.2 Å². The highest BCUT2D eigenvalue weighted by molar-refractivity contribution is 7.21. The van der Waals surface area contributed by atoms with E-state index in [1.54, 1.807) is 23.5 Å². The van der Waals surface area contributed by atoms with Crippen LogP contribution < -0.4 is 0 Å². The fraction of sp³-hybridized carbons (Fsp3) is 0.350. The minimum Gasteiger partial charge on any atom is -0.508 e. The summed E-state index contributed by atoms with van der Waals surface area (Å²) in [5.41, 5.74) is 2.05. The Kier molecular flexibility index (Phi) is 6.76. The first kappa shape index (κ1) is 18.4. The molecule has 0 atom stereocenters. The van der Waals surface area contributed by atoms with Gasteiger partial charge in [-0.3, -0.25) is 0 Å². The Hall–Kier alpha value is -1.91. The molecule has 2 aromatic carbocycles. The number of nitrogens with zero attached hydrogens (tertiary/aromatic N) is 2. The summed E-state index contributed by atoms with van der Waals surface area (Å²) in [5, 5.41) is 10.4. The predicted molar refractivity (Wildman–Crippen MR) is 105 cm³/mol. The molecule has 3 nitrogen and oxygen atoms in total. The molecule has 3 aromatic rings. The van der Waals surface area contributed by atoms with Crippen molar-refractivity contribution in [3.8, 4) is 16.3 Å². The molecule has 24 heavy (non-hydrogen) atoms. The van der Waals surface area contributed by atoms with Crippen LogP contribution in [-0.4, -0.2) is 35.1 Å². The Balaban J connectivity index is 0.000000222. The Bertz CT molecular complexity index is 749. The minimum atomic E-state index is 0. The summed E-state index contributed by atoms with van der Waals surface area (Å²) >= 11 is 1.59. The van der Waals surface area contributed by atoms with Gasteiger partial charge >= 0.3 is 0 Å². The number of thiazole rings is 1. The number of phenolic OH excluding ortho intramolecular Hbond substituents is 1. The van der Waals surface area contributed by atoms with Crippen LogP contribution in [0.15, 0.2) is 48.5 Å². The fourth-order valence-corrected chi connectivity index (χ4v) is 3.67. The monoisotopic (exact) mass is 342 g/mol. The van der Waals surface area contributed by atoms with Gasteiger partial charge in [0.25, 0.3) is 0 Å². The molecule has 0 spiro atoms. The van der Waals surface area contributed by atoms with Crippen LogP contribution in [-0.2, 0) is 0 Å². The zero-order valence-corrected chi connectivity index (χ0v) is 14.2. The number of aromatic hydroxyl groups is 1. The van der Waals surface area contributed by atoms with Crippen LogP contribution in [0.3, 0.4) is 0 Å². The maximum atomic E-state index is 9.39. The quantitative estimate of drug-likeness (QED) is 0.642. The highest BCUT2D eigenvalue weighted by Crippen LogP contribution is 2.31. The van der Waals surface area contributed by atoms with Gasteiger partial charge < -0.3 is 10.0 Å². The molecule has 0 unspecified atom stereocenters. The lowest BCUT2D eigenvalue weighted by atomic mass is 10.1. The zero-order chi connectivity index (χ0) is 16.1. The second-order valence-corrected chi connectivity index (χ2v) is 6.93. The first-order chi connectivity index (χ1) is 11.2. The van der Waals surface area contributed by atoms with Crippen molar-refractivity contribution in [1.29, 1.82) is 0 Å². The van der Waals surface area contributed by atoms with E-state index in [1.807, 2.05) is 36.4 Å². The lowest BCUT2D eigenvalue weighted by molar-refractivity contribution is 0.277. The third kappa shape index (κ3) is 4.79. The Morgan fingerprint density at radius 2 is 1.71 bits per heavy atom. The molecule has 1 aliphatic heterocycles. The van der Waals surface area contributed by atoms with Gasteiger partial charge in [0.15, 0.2) is 0 Å². The molecule has 0 aliphatic carbocycles. The first-order valence-corrected chi connectivity index (χ1v) is 8.87. The smallest absolute Gasteiger partial charge is 0.124 e. The highest BCUT2D eigenvalue weighted by atomic mass is 32.1. The summed E-state index contributed by atoms with van der Waals surface area (Å²) < 4.78 is 1.01. The molecule has 0 saturated carbocycles. The van der Waals surface area contributed by atoms with Crippen LogP contribution in [0.1, 0.15) is 26.7 Å². The molecule has 1 aromatic heterocycles. The number of benzene rings is 2. The highest BCUT2D eigenvalue weighted by Gasteiger charge is 2.06. The summed E-state index contributed by atoms with van der Waals surface area (Å²) in [4.78, 5) is 6.92. The minimum absolute atomic E-state index is 0. The lowest BCUT2D eigenvalue weighted by Gasteiger charge is -2.20. The van der Waals surface area contributed by atoms with Crippen LogP contribution >= 0.6 is 11.3 Å². The van der Waals surface area contributed by atoms with Crippen molar-refractivity contribution in [3.05, 3.63) is 48.5 Å². The van der Waals surface area contributed by atoms with Crippen LogP contribution in [0.5, 0.6) is 5.75 Å². The molecule has 2 heterocycles. The topological polar surface area (TPSA) is 36.4 Å². The van der Waals surface area contributed by atoms with Crippen molar-refractivity contribution in [3.63, 3.8) is 0 Å². The van der Waals surface area contributed by atoms with Crippen molar-refractivity contribution in [1.82, 2.24) is 9.88 Å². The van der Waals surface area contributed by atoms with E-state index >= 15 is 0 Å². The summed E-state index contributed by atoms with van der Waals surface area (Å²) in [6.07, 6.45) is 4.28. The normalized spacial score (nSPS) is 14.5. The summed E-state index contributed by atoms with van der Waals surface area (Å²) in [6.45, 7) is 2.64. The number of aromatic nitrogens is 1. The number of fused-ring (bicyclic) bond motifs is 1. The van der Waals surface area contributed by atoms with E-state index in [9.17, 15) is 5.11 Å². The number of rotatable bonds is 1. The molecule has 0 amide bonds. The standard InChI is InChI=1S/C13H9NOS.C6H13N.CH4/c15-10-6-7-11-12(8-10)16-13(14-11)9-4-2-1-3-5-9;1-7-5-3-2-4-6-7;/h1-8,15H;2-6H2,1H3;1H4. The molecular formula is C20H26N2OS. The van der Waals surface area contributed by atoms with Crippen molar-refractivity contribution in [2.45, 2.75) is 26.7 Å². The third-order valence-corrected chi connectivity index (χ3v) is 5.04. The van der Waals surface area contributed by atoms with Crippen LogP contribution in [0.2, 0.25) is 0 Å². The van der Waals surface area contributed by atoms with Crippen LogP contribution in [0, 0.1) is 0 Å². The van der Waals surface area contributed by atoms with Crippen molar-refractivity contribution in [2.75, 3.05) is 20.1 Å². The van der Waals surface area contributed by atoms with Gasteiger partial charge in [-0.1, -0.05) is 44.2 Å². The Morgan fingerprint density at radius 3 is 2.33 bits per heavy atom. The number of hydrogen-bond donors (Lipinski definition) is 1. The van der Waals surface area contributed by atoms with E-state index < -0.39 is 0 Å². The molecule has 1 aliphatic rings. The molecule has 1 N–H and O–H groups in total. The van der Waals surface area contributed by atoms with E-state index in [0.717, 1.165) is 20.8 Å². The molecule has 0 radical (unpaired) electrons. The van der Waals surface area contributed by atoms with Crippen molar-refractivity contribution >= 4 is 21.6 Å². The number of piperidine rings is 1. The molecular weight excluding hydrogens is 316 g/mol. The van der Waals surface area contributed by atoms with Gasteiger partial charge in [0, 0.05) is 5.56 Å². The maximum Gasteiger partial charge on any atom is 0.124 e. The van der Waals surface area contributed by atoms with Gasteiger partial charge in [0.2, 0.25) is 0 Å². The van der Waals surface area contributed by atoms with Crippen LogP contribution in [0.4, 0.5) is 0 Å². The van der Waals surface area contributed by atoms with Gasteiger partial charge in [0.1, 0.15) is 10.8 Å². The van der Waals surface area contributed by atoms with E-state index in [2.05, 4.69) is 16.9 Å². The third-order valence-electron chi connectivity index (χ3n) is 3.97. The van der Waals surface area contributed by atoms with Crippen molar-refractivity contribution in [2.24, 2.45) is 0 Å². The van der Waals surface area contributed by atoms with Gasteiger partial charge in [-0.15, -0.1) is 11.3 Å². The molecule has 4 rings (SSSR count). The lowest BCUT2D eigenvalue weighted by Crippen LogP contribution is -2.24. The van der Waals surface area contributed by atoms with E-state index in [1.165, 1.54) is 32.4 Å². The van der Waals surface area contributed by atoms with Gasteiger partial charge in [-0.2, -0.15) is 0 Å². The second kappa shape index (κ2) is 8.81. The predicted octanol–water partition coefficient (Wildman–Crippen LogP) is 5.41. The number of hydrogen-bond acceptors (Lipinski definition) is 4. The molecule has 4 heteroatoms. The number of likely N-dealkylation sites (tertiary alicyclic amines) is 1. The molecule has 1 saturated heterocycles. The van der Waals surface area contributed by atoms with Gasteiger partial charge in [-0.25, -0.2) is 4.98 Å². The average Bonchev–Trinajstić information content (AvgIpc) is 3.00. The van der Waals surface area contributed by atoms with Crippen LogP contribution in [0.25, 0.3) is 20.8 Å². The summed E-state index contributed by atoms with van der Waals surface area (Å²) in [7, 11) is 2.19. The van der Waals surface area contributed by atoms with E-state index in [4.69, 9.17) is 0 Å². The summed E-state index contributed by atoms with van der Waals surface area (Å²) in [6, 6.07) is 15.3. The van der Waals surface area contributed by atoms with E-state index in [-0.39, 0.29) is 13.2 Å². The largest absolute Gasteiger partial charge is 0.508 e. The molecule has 128 valence electrons. The number of phenols is 1. The fourth-order valence-electron chi connectivity index (χ4n) is 2.67. The summed E-state index contributed by atoms with van der Waals surface area (Å²) in [5.74, 6) is 0.288. The average molecular weight is 343 g/mol. The Morgan fingerprint density at radius 1 is 1.00 bits per heavy atom. The molecule has 1 fully saturated rings. The molecule has 0 bridgehead atoms. The van der Waals surface area contributed by atoms with E-state index in [0.29, 0.717) is 0 Å². The first-order valence-electron chi connectivity index (χ1n) is 8.06. The Labute approximate surface area is 148 Å². The van der Waals surface area contributed by atoms with Gasteiger partial charge in [-0.05, 0) is 51.2 Å². The van der Waals surface area contributed by atoms with Crippen molar-refractivity contribution < 1.29 is 5.11 Å². The second-order valence-electron chi connectivity index (χ2n) is 5.90.